The number of rotatable bonds is 2. The van der Waals surface area contributed by atoms with Crippen molar-refractivity contribution in [3.63, 3.8) is 0 Å². The Kier molecular flexibility index (Phi) is 3.84. The number of hydrogen-bond acceptors (Lipinski definition) is 4. The van der Waals surface area contributed by atoms with Crippen LogP contribution in [0.4, 0.5) is 0 Å². The molecule has 0 amide bonds. The Morgan fingerprint density at radius 2 is 1.48 bits per heavy atom. The fraction of sp³-hybridized carbons (Fsp3) is 0.0357. The van der Waals surface area contributed by atoms with E-state index in [4.69, 9.17) is 14.8 Å². The van der Waals surface area contributed by atoms with E-state index in [-0.39, 0.29) is 5.92 Å². The number of nitrogens with zero attached hydrogens (tertiary/aromatic N) is 4. The molecule has 1 atom stereocenters. The summed E-state index contributed by atoms with van der Waals surface area (Å²) in [5, 5.41) is 7.07. The number of hydrogen-bond donors (Lipinski definition) is 0. The smallest absolute Gasteiger partial charge is 0.228 e. The minimum Gasteiger partial charge on any atom is -0.438 e. The van der Waals surface area contributed by atoms with Crippen LogP contribution in [-0.4, -0.2) is 19.6 Å². The normalized spacial score (nSPS) is 14.6. The van der Waals surface area contributed by atoms with Gasteiger partial charge in [0, 0.05) is 17.0 Å². The summed E-state index contributed by atoms with van der Waals surface area (Å²) in [5.41, 5.74) is 4.95. The first kappa shape index (κ1) is 18.1. The van der Waals surface area contributed by atoms with Crippen molar-refractivity contribution < 1.29 is 4.74 Å². The van der Waals surface area contributed by atoms with Crippen LogP contribution in [0.25, 0.3) is 27.8 Å². The van der Waals surface area contributed by atoms with Crippen molar-refractivity contribution in [3.8, 4) is 23.0 Å². The quantitative estimate of drug-likeness (QED) is 0.329. The summed E-state index contributed by atoms with van der Waals surface area (Å²) in [6.45, 7) is 0. The maximum Gasteiger partial charge on any atom is 0.228 e. The Hall–Kier alpha value is -4.51. The summed E-state index contributed by atoms with van der Waals surface area (Å²) in [5.74, 6) is 1.99. The molecule has 1 aliphatic heterocycles. The minimum absolute atomic E-state index is 0.0833. The molecule has 0 saturated heterocycles. The minimum atomic E-state index is -0.0833. The molecule has 0 spiro atoms. The molecule has 156 valence electrons. The second-order valence-corrected chi connectivity index (χ2v) is 8.18. The molecule has 0 fully saturated rings. The largest absolute Gasteiger partial charge is 0.438 e. The molecule has 7 rings (SSSR count). The first-order valence-corrected chi connectivity index (χ1v) is 10.9. The van der Waals surface area contributed by atoms with Crippen molar-refractivity contribution in [1.29, 1.82) is 0 Å². The lowest BCUT2D eigenvalue weighted by atomic mass is 9.81. The summed E-state index contributed by atoms with van der Waals surface area (Å²) >= 11 is 0. The molecule has 4 aromatic carbocycles. The Morgan fingerprint density at radius 1 is 0.727 bits per heavy atom. The molecule has 1 aliphatic rings. The first-order valence-electron chi connectivity index (χ1n) is 10.9. The molecular weight excluding hydrogens is 408 g/mol. The highest BCUT2D eigenvalue weighted by molar-refractivity contribution is 5.90. The van der Waals surface area contributed by atoms with Gasteiger partial charge in [-0.2, -0.15) is 0 Å². The lowest BCUT2D eigenvalue weighted by molar-refractivity contribution is 0.433. The maximum absolute atomic E-state index is 6.37. The molecule has 0 N–H and O–H groups in total. The standard InChI is InChI=1S/C28H18N4O/c1-3-10-19(11-4-1)23-24-21-14-8-7-9-18(21)15-16-22(24)33-28-25(23)27-30-26(31-32(27)17-29-28)20-12-5-2-6-13-20/h1-17,23H/t23-/m0/s1. The lowest BCUT2D eigenvalue weighted by Gasteiger charge is -2.29. The molecule has 2 aromatic heterocycles. The van der Waals surface area contributed by atoms with Crippen LogP contribution >= 0.6 is 0 Å². The van der Waals surface area contributed by atoms with Crippen LogP contribution in [0.3, 0.4) is 0 Å². The highest BCUT2D eigenvalue weighted by Crippen LogP contribution is 2.50. The Bertz CT molecular complexity index is 1640. The molecule has 0 unspecified atom stereocenters. The molecule has 0 bridgehead atoms. The van der Waals surface area contributed by atoms with Gasteiger partial charge in [-0.05, 0) is 22.4 Å². The monoisotopic (exact) mass is 426 g/mol. The topological polar surface area (TPSA) is 52.3 Å². The molecule has 0 saturated carbocycles. The SMILES string of the molecule is c1ccc(-c2nc3c4c(ncn3n2)Oc2ccc3ccccc3c2[C@@H]4c2ccccc2)cc1. The molecule has 5 nitrogen and oxygen atoms in total. The summed E-state index contributed by atoms with van der Waals surface area (Å²) < 4.78 is 8.13. The van der Waals surface area contributed by atoms with E-state index >= 15 is 0 Å². The summed E-state index contributed by atoms with van der Waals surface area (Å²) in [4.78, 5) is 9.60. The lowest BCUT2D eigenvalue weighted by Crippen LogP contribution is -2.15. The van der Waals surface area contributed by atoms with E-state index in [1.807, 2.05) is 42.5 Å². The van der Waals surface area contributed by atoms with Crippen molar-refractivity contribution in [2.24, 2.45) is 0 Å². The van der Waals surface area contributed by atoms with Crippen LogP contribution in [0.15, 0.2) is 103 Å². The summed E-state index contributed by atoms with van der Waals surface area (Å²) in [6, 6.07) is 33.1. The van der Waals surface area contributed by atoms with Crippen molar-refractivity contribution in [1.82, 2.24) is 19.6 Å². The van der Waals surface area contributed by atoms with E-state index in [1.165, 1.54) is 16.3 Å². The number of fused-ring (bicyclic) bond motifs is 6. The highest BCUT2D eigenvalue weighted by atomic mass is 16.5. The van der Waals surface area contributed by atoms with Crippen molar-refractivity contribution in [3.05, 3.63) is 120 Å². The second kappa shape index (κ2) is 7.00. The average molecular weight is 426 g/mol. The van der Waals surface area contributed by atoms with Gasteiger partial charge in [0.25, 0.3) is 0 Å². The zero-order valence-corrected chi connectivity index (χ0v) is 17.6. The van der Waals surface area contributed by atoms with Gasteiger partial charge >= 0.3 is 0 Å². The van der Waals surface area contributed by atoms with Gasteiger partial charge in [0.2, 0.25) is 5.88 Å². The van der Waals surface area contributed by atoms with Crippen LogP contribution in [-0.2, 0) is 0 Å². The molecular formula is C28H18N4O. The van der Waals surface area contributed by atoms with Crippen molar-refractivity contribution in [2.75, 3.05) is 0 Å². The molecule has 33 heavy (non-hydrogen) atoms. The Morgan fingerprint density at radius 3 is 2.33 bits per heavy atom. The van der Waals surface area contributed by atoms with Gasteiger partial charge in [-0.1, -0.05) is 91.0 Å². The van der Waals surface area contributed by atoms with Crippen LogP contribution < -0.4 is 4.74 Å². The Labute approximate surface area is 190 Å². The van der Waals surface area contributed by atoms with E-state index < -0.39 is 0 Å². The van der Waals surface area contributed by atoms with Gasteiger partial charge in [-0.3, -0.25) is 0 Å². The van der Waals surface area contributed by atoms with Gasteiger partial charge in [0.05, 0.1) is 5.56 Å². The maximum atomic E-state index is 6.37. The summed E-state index contributed by atoms with van der Waals surface area (Å²) in [7, 11) is 0. The molecule has 5 heteroatoms. The van der Waals surface area contributed by atoms with Gasteiger partial charge < -0.3 is 4.74 Å². The van der Waals surface area contributed by atoms with Crippen molar-refractivity contribution in [2.45, 2.75) is 5.92 Å². The Balaban J connectivity index is 1.55. The van der Waals surface area contributed by atoms with Crippen LogP contribution in [0, 0.1) is 0 Å². The van der Waals surface area contributed by atoms with Crippen LogP contribution in [0.1, 0.15) is 22.6 Å². The van der Waals surface area contributed by atoms with E-state index in [0.29, 0.717) is 11.7 Å². The third-order valence-corrected chi connectivity index (χ3v) is 6.27. The molecule has 6 aromatic rings. The van der Waals surface area contributed by atoms with Gasteiger partial charge in [0.1, 0.15) is 12.1 Å². The fourth-order valence-corrected chi connectivity index (χ4v) is 4.79. The van der Waals surface area contributed by atoms with E-state index in [1.54, 1.807) is 10.8 Å². The second-order valence-electron chi connectivity index (χ2n) is 8.18. The third kappa shape index (κ3) is 2.76. The van der Waals surface area contributed by atoms with E-state index in [0.717, 1.165) is 28.1 Å². The van der Waals surface area contributed by atoms with Crippen molar-refractivity contribution >= 4 is 16.4 Å². The highest BCUT2D eigenvalue weighted by Gasteiger charge is 2.34. The van der Waals surface area contributed by atoms with E-state index in [9.17, 15) is 0 Å². The number of aromatic nitrogens is 4. The summed E-state index contributed by atoms with van der Waals surface area (Å²) in [6.07, 6.45) is 1.68. The fourth-order valence-electron chi connectivity index (χ4n) is 4.79. The van der Waals surface area contributed by atoms with E-state index in [2.05, 4.69) is 59.6 Å². The van der Waals surface area contributed by atoms with Gasteiger partial charge in [0.15, 0.2) is 11.5 Å². The molecule has 0 aliphatic carbocycles. The number of benzene rings is 4. The number of ether oxygens (including phenoxy) is 1. The first-order chi connectivity index (χ1) is 16.4. The molecule has 0 radical (unpaired) electrons. The van der Waals surface area contributed by atoms with Gasteiger partial charge in [-0.25, -0.2) is 14.5 Å². The zero-order valence-electron chi connectivity index (χ0n) is 17.6. The molecule has 3 heterocycles. The predicted molar refractivity (Wildman–Crippen MR) is 128 cm³/mol. The third-order valence-electron chi connectivity index (χ3n) is 6.27. The average Bonchev–Trinajstić information content (AvgIpc) is 3.33. The zero-order chi connectivity index (χ0) is 21.8. The van der Waals surface area contributed by atoms with Gasteiger partial charge in [-0.15, -0.1) is 5.10 Å². The van der Waals surface area contributed by atoms with Crippen LogP contribution in [0.5, 0.6) is 11.6 Å². The van der Waals surface area contributed by atoms with Crippen LogP contribution in [0.2, 0.25) is 0 Å². The predicted octanol–water partition coefficient (Wildman–Crippen LogP) is 6.23.